The number of aliphatic hydroxyl groups excluding tert-OH is 4. The van der Waals surface area contributed by atoms with Gasteiger partial charge >= 0.3 is 0 Å². The highest BCUT2D eigenvalue weighted by Crippen LogP contribution is 2.19. The molecule has 88 valence electrons. The summed E-state index contributed by atoms with van der Waals surface area (Å²) in [7, 11) is 0. The Morgan fingerprint density at radius 3 is 2.33 bits per heavy atom. The van der Waals surface area contributed by atoms with Gasteiger partial charge in [0.05, 0.1) is 6.61 Å². The molecule has 0 radical (unpaired) electrons. The standard InChI is InChI=1S/C7H14N2O5S/c8-7(15)9-6-5(13)4(12)3(11)2(1-10)14-6/h2-6,10-13H,1H2,(H3,8,9,15)/t2-,3-,4+,5-,6-/m1/s1. The predicted molar refractivity (Wildman–Crippen MR) is 53.7 cm³/mol. The van der Waals surface area contributed by atoms with Crippen molar-refractivity contribution in [3.63, 3.8) is 0 Å². The molecule has 1 heterocycles. The van der Waals surface area contributed by atoms with Gasteiger partial charge in [0.1, 0.15) is 24.4 Å². The molecule has 0 spiro atoms. The van der Waals surface area contributed by atoms with Crippen molar-refractivity contribution in [2.45, 2.75) is 30.6 Å². The molecule has 1 aliphatic rings. The molecule has 8 heteroatoms. The van der Waals surface area contributed by atoms with Gasteiger partial charge in [-0.3, -0.25) is 0 Å². The highest BCUT2D eigenvalue weighted by Gasteiger charge is 2.43. The first-order valence-corrected chi connectivity index (χ1v) is 4.74. The minimum absolute atomic E-state index is 0.112. The Morgan fingerprint density at radius 1 is 1.27 bits per heavy atom. The van der Waals surface area contributed by atoms with Crippen molar-refractivity contribution < 1.29 is 25.2 Å². The van der Waals surface area contributed by atoms with Gasteiger partial charge in [0.25, 0.3) is 0 Å². The topological polar surface area (TPSA) is 128 Å². The zero-order chi connectivity index (χ0) is 11.6. The third-order valence-electron chi connectivity index (χ3n) is 2.18. The van der Waals surface area contributed by atoms with E-state index in [1.165, 1.54) is 0 Å². The van der Waals surface area contributed by atoms with Crippen molar-refractivity contribution in [3.8, 4) is 0 Å². The smallest absolute Gasteiger partial charge is 0.165 e. The summed E-state index contributed by atoms with van der Waals surface area (Å²) in [5, 5.41) is 39.4. The third kappa shape index (κ3) is 2.74. The van der Waals surface area contributed by atoms with Crippen molar-refractivity contribution in [3.05, 3.63) is 0 Å². The SMILES string of the molecule is NC(=S)N[C@@H]1O[C@H](CO)[C@@H](O)[C@H](O)[C@H]1O. The lowest BCUT2D eigenvalue weighted by molar-refractivity contribution is -0.232. The molecule has 1 rings (SSSR count). The van der Waals surface area contributed by atoms with Gasteiger partial charge < -0.3 is 36.2 Å². The van der Waals surface area contributed by atoms with Crippen LogP contribution in [0.15, 0.2) is 0 Å². The fraction of sp³-hybridized carbons (Fsp3) is 0.857. The van der Waals surface area contributed by atoms with E-state index in [0.29, 0.717) is 0 Å². The lowest BCUT2D eigenvalue weighted by Crippen LogP contribution is -2.63. The normalized spacial score (nSPS) is 41.2. The summed E-state index contributed by atoms with van der Waals surface area (Å²) in [4.78, 5) is 0. The maximum Gasteiger partial charge on any atom is 0.165 e. The van der Waals surface area contributed by atoms with E-state index in [0.717, 1.165) is 0 Å². The van der Waals surface area contributed by atoms with Crippen LogP contribution < -0.4 is 11.1 Å². The number of nitrogens with two attached hydrogens (primary N) is 1. The van der Waals surface area contributed by atoms with Crippen LogP contribution in [0, 0.1) is 0 Å². The molecule has 0 amide bonds. The van der Waals surface area contributed by atoms with Crippen molar-refractivity contribution in [2.24, 2.45) is 5.73 Å². The number of nitrogens with one attached hydrogen (secondary N) is 1. The van der Waals surface area contributed by atoms with Crippen LogP contribution in [-0.4, -0.2) is 62.8 Å². The first-order valence-electron chi connectivity index (χ1n) is 4.34. The summed E-state index contributed by atoms with van der Waals surface area (Å²) in [5.41, 5.74) is 5.18. The molecule has 7 N–H and O–H groups in total. The maximum atomic E-state index is 9.48. The molecular weight excluding hydrogens is 224 g/mol. The van der Waals surface area contributed by atoms with E-state index < -0.39 is 37.3 Å². The fourth-order valence-corrected chi connectivity index (χ4v) is 1.48. The molecule has 5 atom stereocenters. The van der Waals surface area contributed by atoms with Gasteiger partial charge in [-0.25, -0.2) is 0 Å². The third-order valence-corrected chi connectivity index (χ3v) is 2.29. The van der Waals surface area contributed by atoms with Crippen molar-refractivity contribution in [1.29, 1.82) is 0 Å². The number of hydrogen-bond donors (Lipinski definition) is 6. The second kappa shape index (κ2) is 5.01. The van der Waals surface area contributed by atoms with Gasteiger partial charge in [-0.1, -0.05) is 0 Å². The number of hydrogen-bond acceptors (Lipinski definition) is 6. The number of ether oxygens (including phenoxy) is 1. The molecule has 15 heavy (non-hydrogen) atoms. The molecule has 1 saturated heterocycles. The van der Waals surface area contributed by atoms with Crippen molar-refractivity contribution in [2.75, 3.05) is 6.61 Å². The Labute approximate surface area is 91.5 Å². The van der Waals surface area contributed by atoms with Gasteiger partial charge in [-0.2, -0.15) is 0 Å². The first kappa shape index (κ1) is 12.6. The molecule has 0 unspecified atom stereocenters. The van der Waals surface area contributed by atoms with Gasteiger partial charge in [0.2, 0.25) is 0 Å². The summed E-state index contributed by atoms with van der Waals surface area (Å²) in [6, 6.07) is 0. The van der Waals surface area contributed by atoms with Crippen molar-refractivity contribution in [1.82, 2.24) is 5.32 Å². The van der Waals surface area contributed by atoms with Gasteiger partial charge in [0.15, 0.2) is 11.3 Å². The van der Waals surface area contributed by atoms with Crippen molar-refractivity contribution >= 4 is 17.3 Å². The maximum absolute atomic E-state index is 9.48. The Bertz CT molecular complexity index is 239. The Balaban J connectivity index is 2.69. The van der Waals surface area contributed by atoms with Gasteiger partial charge in [0, 0.05) is 0 Å². The summed E-state index contributed by atoms with van der Waals surface area (Å²) in [6.45, 7) is -0.486. The van der Waals surface area contributed by atoms with Crippen LogP contribution in [0.25, 0.3) is 0 Å². The minimum Gasteiger partial charge on any atom is -0.394 e. The molecule has 1 fully saturated rings. The quantitative estimate of drug-likeness (QED) is 0.275. The number of aliphatic hydroxyl groups is 4. The summed E-state index contributed by atoms with van der Waals surface area (Å²) in [6.07, 6.45) is -6.19. The zero-order valence-electron chi connectivity index (χ0n) is 7.78. The monoisotopic (exact) mass is 238 g/mol. The Hall–Kier alpha value is -0.510. The van der Waals surface area contributed by atoms with E-state index in [2.05, 4.69) is 17.5 Å². The number of thiocarbonyl (C=S) groups is 1. The molecule has 0 aromatic rings. The van der Waals surface area contributed by atoms with Crippen LogP contribution in [0.5, 0.6) is 0 Å². The van der Waals surface area contributed by atoms with Crippen LogP contribution in [0.2, 0.25) is 0 Å². The second-order valence-corrected chi connectivity index (χ2v) is 3.70. The molecule has 0 bridgehead atoms. The molecule has 1 aliphatic heterocycles. The van der Waals surface area contributed by atoms with E-state index in [4.69, 9.17) is 15.6 Å². The first-order chi connectivity index (χ1) is 6.97. The summed E-state index contributed by atoms with van der Waals surface area (Å²) >= 11 is 4.54. The molecule has 0 aromatic carbocycles. The van der Waals surface area contributed by atoms with Crippen LogP contribution in [0.1, 0.15) is 0 Å². The zero-order valence-corrected chi connectivity index (χ0v) is 8.59. The second-order valence-electron chi connectivity index (χ2n) is 3.26. The van der Waals surface area contributed by atoms with Gasteiger partial charge in [-0.05, 0) is 12.2 Å². The Morgan fingerprint density at radius 2 is 1.87 bits per heavy atom. The summed E-state index contributed by atoms with van der Waals surface area (Å²) in [5.74, 6) is 0. The average molecular weight is 238 g/mol. The highest BCUT2D eigenvalue weighted by molar-refractivity contribution is 7.80. The number of rotatable bonds is 2. The van der Waals surface area contributed by atoms with E-state index >= 15 is 0 Å². The minimum atomic E-state index is -1.43. The van der Waals surface area contributed by atoms with Crippen LogP contribution >= 0.6 is 12.2 Å². The molecule has 7 nitrogen and oxygen atoms in total. The predicted octanol–water partition coefficient (Wildman–Crippen LogP) is -3.38. The lowest BCUT2D eigenvalue weighted by Gasteiger charge is -2.40. The molecule has 0 saturated carbocycles. The van der Waals surface area contributed by atoms with Gasteiger partial charge in [-0.15, -0.1) is 0 Å². The summed E-state index contributed by atoms with van der Waals surface area (Å²) < 4.78 is 5.05. The molecule has 0 aromatic heterocycles. The van der Waals surface area contributed by atoms with E-state index in [-0.39, 0.29) is 5.11 Å². The largest absolute Gasteiger partial charge is 0.394 e. The highest BCUT2D eigenvalue weighted by atomic mass is 32.1. The average Bonchev–Trinajstić information content (AvgIpc) is 2.18. The van der Waals surface area contributed by atoms with E-state index in [9.17, 15) is 15.3 Å². The van der Waals surface area contributed by atoms with E-state index in [1.54, 1.807) is 0 Å². The Kier molecular flexibility index (Phi) is 4.20. The lowest BCUT2D eigenvalue weighted by atomic mass is 9.98. The van der Waals surface area contributed by atoms with Crippen LogP contribution in [-0.2, 0) is 4.74 Å². The van der Waals surface area contributed by atoms with Crippen LogP contribution in [0.3, 0.4) is 0 Å². The van der Waals surface area contributed by atoms with E-state index in [1.807, 2.05) is 0 Å². The molecule has 0 aliphatic carbocycles. The molecular formula is C7H14N2O5S. The fourth-order valence-electron chi connectivity index (χ4n) is 1.36. The van der Waals surface area contributed by atoms with Crippen LogP contribution in [0.4, 0.5) is 0 Å².